The van der Waals surface area contributed by atoms with Gasteiger partial charge in [-0.25, -0.2) is 4.98 Å². The standard InChI is InChI=1S/C24H14F6N6/c25-23(26,27)16-5-7-17(8-6-16)34-22-35-21(14-3-1-9-31-12-14)19-11-15(13-33-36(19)22)20-18(24(28,29)30)4-2-10-32-20/h1-13H,(H,34,35). The molecule has 0 aliphatic rings. The lowest BCUT2D eigenvalue weighted by atomic mass is 10.1. The van der Waals surface area contributed by atoms with Gasteiger partial charge in [-0.3, -0.25) is 9.97 Å². The first kappa shape index (κ1) is 23.3. The van der Waals surface area contributed by atoms with Crippen LogP contribution in [0.2, 0.25) is 0 Å². The molecule has 0 saturated carbocycles. The minimum Gasteiger partial charge on any atom is -0.324 e. The molecule has 5 rings (SSSR count). The van der Waals surface area contributed by atoms with Crippen LogP contribution in [0.4, 0.5) is 38.0 Å². The van der Waals surface area contributed by atoms with Crippen molar-refractivity contribution in [2.75, 3.05) is 5.32 Å². The number of rotatable bonds is 4. The molecule has 182 valence electrons. The van der Waals surface area contributed by atoms with E-state index in [2.05, 4.69) is 25.4 Å². The molecule has 5 aromatic rings. The van der Waals surface area contributed by atoms with Gasteiger partial charge in [-0.1, -0.05) is 0 Å². The third kappa shape index (κ3) is 4.44. The van der Waals surface area contributed by atoms with E-state index in [1.807, 2.05) is 0 Å². The molecule has 0 spiro atoms. The van der Waals surface area contributed by atoms with Crippen molar-refractivity contribution in [2.45, 2.75) is 12.4 Å². The second-order valence-corrected chi connectivity index (χ2v) is 7.66. The molecule has 0 amide bonds. The molecule has 0 saturated heterocycles. The van der Waals surface area contributed by atoms with E-state index in [0.29, 0.717) is 22.5 Å². The SMILES string of the molecule is FC(F)(F)c1ccc(Nc2nc(-c3cccnc3)c3cc(-c4ncccc4C(F)(F)F)cnn23)cc1. The molecule has 0 unspecified atom stereocenters. The topological polar surface area (TPSA) is 68.0 Å². The molecule has 36 heavy (non-hydrogen) atoms. The normalized spacial score (nSPS) is 12.2. The van der Waals surface area contributed by atoms with Crippen molar-refractivity contribution in [3.63, 3.8) is 0 Å². The molecule has 12 heteroatoms. The van der Waals surface area contributed by atoms with Crippen LogP contribution in [0.25, 0.3) is 28.0 Å². The molecular weight excluding hydrogens is 486 g/mol. The highest BCUT2D eigenvalue weighted by Gasteiger charge is 2.34. The van der Waals surface area contributed by atoms with E-state index >= 15 is 0 Å². The van der Waals surface area contributed by atoms with Gasteiger partial charge >= 0.3 is 12.4 Å². The highest BCUT2D eigenvalue weighted by molar-refractivity contribution is 5.83. The maximum absolute atomic E-state index is 13.6. The van der Waals surface area contributed by atoms with Crippen LogP contribution < -0.4 is 5.32 Å². The van der Waals surface area contributed by atoms with Gasteiger partial charge in [0.05, 0.1) is 28.5 Å². The van der Waals surface area contributed by atoms with Crippen molar-refractivity contribution < 1.29 is 26.3 Å². The number of hydrogen-bond acceptors (Lipinski definition) is 5. The summed E-state index contributed by atoms with van der Waals surface area (Å²) in [5.74, 6) is 0.146. The number of fused-ring (bicyclic) bond motifs is 1. The fraction of sp³-hybridized carbons (Fsp3) is 0.0833. The highest BCUT2D eigenvalue weighted by Crippen LogP contribution is 2.37. The number of benzene rings is 1. The van der Waals surface area contributed by atoms with Gasteiger partial charge in [-0.05, 0) is 54.6 Å². The van der Waals surface area contributed by atoms with Crippen LogP contribution in [-0.4, -0.2) is 24.6 Å². The van der Waals surface area contributed by atoms with Crippen molar-refractivity contribution >= 4 is 17.2 Å². The zero-order valence-corrected chi connectivity index (χ0v) is 18.0. The predicted octanol–water partition coefficient (Wildman–Crippen LogP) is 6.63. The summed E-state index contributed by atoms with van der Waals surface area (Å²) >= 11 is 0. The van der Waals surface area contributed by atoms with E-state index in [0.717, 1.165) is 18.2 Å². The van der Waals surface area contributed by atoms with Crippen LogP contribution in [0, 0.1) is 0 Å². The lowest BCUT2D eigenvalue weighted by Crippen LogP contribution is -2.08. The number of nitrogens with one attached hydrogen (secondary N) is 1. The Balaban J connectivity index is 1.63. The van der Waals surface area contributed by atoms with Gasteiger partial charge in [0.25, 0.3) is 0 Å². The van der Waals surface area contributed by atoms with E-state index in [-0.39, 0.29) is 17.2 Å². The minimum atomic E-state index is -4.63. The molecular formula is C24H14F6N6. The van der Waals surface area contributed by atoms with E-state index < -0.39 is 23.5 Å². The molecule has 0 fully saturated rings. The first-order valence-corrected chi connectivity index (χ1v) is 10.4. The van der Waals surface area contributed by atoms with Crippen LogP contribution in [0.3, 0.4) is 0 Å². The summed E-state index contributed by atoms with van der Waals surface area (Å²) in [6, 6.07) is 11.3. The van der Waals surface area contributed by atoms with Gasteiger partial charge in [-0.2, -0.15) is 36.0 Å². The third-order valence-electron chi connectivity index (χ3n) is 5.28. The summed E-state index contributed by atoms with van der Waals surface area (Å²) in [5, 5.41) is 7.18. The molecule has 0 aliphatic heterocycles. The highest BCUT2D eigenvalue weighted by atomic mass is 19.4. The number of anilines is 2. The van der Waals surface area contributed by atoms with Crippen molar-refractivity contribution in [1.82, 2.24) is 24.6 Å². The fourth-order valence-electron chi connectivity index (χ4n) is 3.64. The zero-order valence-electron chi connectivity index (χ0n) is 18.0. The van der Waals surface area contributed by atoms with E-state index in [9.17, 15) is 26.3 Å². The largest absolute Gasteiger partial charge is 0.418 e. The van der Waals surface area contributed by atoms with Gasteiger partial charge in [0.2, 0.25) is 5.95 Å². The zero-order chi connectivity index (χ0) is 25.5. The Hall–Kier alpha value is -4.48. The molecule has 4 aromatic heterocycles. The van der Waals surface area contributed by atoms with Crippen LogP contribution >= 0.6 is 0 Å². The van der Waals surface area contributed by atoms with Gasteiger partial charge in [0.15, 0.2) is 0 Å². The van der Waals surface area contributed by atoms with Crippen molar-refractivity contribution in [3.8, 4) is 22.5 Å². The Morgan fingerprint density at radius 2 is 1.50 bits per heavy atom. The number of halogens is 6. The molecule has 4 heterocycles. The second-order valence-electron chi connectivity index (χ2n) is 7.66. The average Bonchev–Trinajstić information content (AvgIpc) is 3.21. The Bertz CT molecular complexity index is 1530. The lowest BCUT2D eigenvalue weighted by molar-refractivity contribution is -0.138. The predicted molar refractivity (Wildman–Crippen MR) is 119 cm³/mol. The number of nitrogens with zero attached hydrogens (tertiary/aromatic N) is 5. The monoisotopic (exact) mass is 500 g/mol. The van der Waals surface area contributed by atoms with Gasteiger partial charge < -0.3 is 5.32 Å². The first-order valence-electron chi connectivity index (χ1n) is 10.4. The summed E-state index contributed by atoms with van der Waals surface area (Å²) in [5.41, 5.74) is -0.339. The molecule has 0 radical (unpaired) electrons. The summed E-state index contributed by atoms with van der Waals surface area (Å²) in [7, 11) is 0. The Morgan fingerprint density at radius 3 is 2.17 bits per heavy atom. The number of alkyl halides is 6. The lowest BCUT2D eigenvalue weighted by Gasteiger charge is -2.12. The van der Waals surface area contributed by atoms with Crippen molar-refractivity contribution in [3.05, 3.63) is 90.5 Å². The second kappa shape index (κ2) is 8.63. The molecule has 0 bridgehead atoms. The average molecular weight is 500 g/mol. The summed E-state index contributed by atoms with van der Waals surface area (Å²) in [4.78, 5) is 12.5. The maximum Gasteiger partial charge on any atom is 0.418 e. The van der Waals surface area contributed by atoms with Gasteiger partial charge in [-0.15, -0.1) is 0 Å². The molecule has 0 aliphatic carbocycles. The van der Waals surface area contributed by atoms with Crippen molar-refractivity contribution in [2.24, 2.45) is 0 Å². The number of aromatic nitrogens is 5. The minimum absolute atomic E-state index is 0.113. The van der Waals surface area contributed by atoms with Crippen LogP contribution in [-0.2, 0) is 12.4 Å². The quantitative estimate of drug-likeness (QED) is 0.281. The summed E-state index contributed by atoms with van der Waals surface area (Å²) < 4.78 is 80.8. The van der Waals surface area contributed by atoms with E-state index in [4.69, 9.17) is 0 Å². The van der Waals surface area contributed by atoms with Gasteiger partial charge in [0.1, 0.15) is 5.69 Å². The van der Waals surface area contributed by atoms with Gasteiger partial charge in [0, 0.05) is 35.4 Å². The smallest absolute Gasteiger partial charge is 0.324 e. The third-order valence-corrected chi connectivity index (χ3v) is 5.28. The van der Waals surface area contributed by atoms with Crippen LogP contribution in [0.1, 0.15) is 11.1 Å². The number of pyridine rings is 2. The Kier molecular flexibility index (Phi) is 5.58. The molecule has 1 aromatic carbocycles. The maximum atomic E-state index is 13.6. The summed E-state index contributed by atoms with van der Waals surface area (Å²) in [6.07, 6.45) is -3.56. The fourth-order valence-corrected chi connectivity index (χ4v) is 3.64. The number of imidazole rings is 1. The Labute approximate surface area is 199 Å². The van der Waals surface area contributed by atoms with Crippen molar-refractivity contribution in [1.29, 1.82) is 0 Å². The van der Waals surface area contributed by atoms with Crippen LogP contribution in [0.5, 0.6) is 0 Å². The van der Waals surface area contributed by atoms with E-state index in [1.165, 1.54) is 47.4 Å². The molecule has 6 nitrogen and oxygen atoms in total. The first-order chi connectivity index (χ1) is 17.1. The van der Waals surface area contributed by atoms with Crippen LogP contribution in [0.15, 0.2) is 79.4 Å². The van der Waals surface area contributed by atoms with E-state index in [1.54, 1.807) is 18.3 Å². The molecule has 0 atom stereocenters. The molecule has 1 N–H and O–H groups in total. The number of hydrogen-bond donors (Lipinski definition) is 1. The summed E-state index contributed by atoms with van der Waals surface area (Å²) in [6.45, 7) is 0. The Morgan fingerprint density at radius 1 is 0.750 bits per heavy atom.